The van der Waals surface area contributed by atoms with Gasteiger partial charge in [-0.2, -0.15) is 0 Å². The first-order chi connectivity index (χ1) is 11.0. The average molecular weight is 319 g/mol. The quantitative estimate of drug-likeness (QED) is 0.607. The first-order valence-corrected chi connectivity index (χ1v) is 6.89. The van der Waals surface area contributed by atoms with Crippen LogP contribution in [0.2, 0.25) is 0 Å². The number of hydrogen-bond acceptors (Lipinski definition) is 6. The van der Waals surface area contributed by atoms with Crippen LogP contribution in [0.1, 0.15) is 0 Å². The Morgan fingerprint density at radius 2 is 2.04 bits per heavy atom. The van der Waals surface area contributed by atoms with Gasteiger partial charge in [-0.05, 0) is 18.2 Å². The van der Waals surface area contributed by atoms with Crippen LogP contribution >= 0.6 is 0 Å². The van der Waals surface area contributed by atoms with Gasteiger partial charge in [0.2, 0.25) is 5.91 Å². The Morgan fingerprint density at radius 1 is 1.30 bits per heavy atom. The maximum Gasteiger partial charge on any atom is 0.277 e. The van der Waals surface area contributed by atoms with Crippen molar-refractivity contribution in [3.63, 3.8) is 0 Å². The summed E-state index contributed by atoms with van der Waals surface area (Å²) < 4.78 is 4.73. The molecule has 0 saturated heterocycles. The predicted molar refractivity (Wildman–Crippen MR) is 82.5 cm³/mol. The van der Waals surface area contributed by atoms with E-state index >= 15 is 0 Å². The fraction of sp³-hybridized carbons (Fsp3) is 0.267. The topological polar surface area (TPSA) is 108 Å². The molecule has 3 amide bonds. The number of amides is 3. The lowest BCUT2D eigenvalue weighted by molar-refractivity contribution is -0.137. The van der Waals surface area contributed by atoms with Gasteiger partial charge in [-0.25, -0.2) is 0 Å². The number of carbonyl (C=O) groups excluding carboxylic acids is 3. The monoisotopic (exact) mass is 319 g/mol. The summed E-state index contributed by atoms with van der Waals surface area (Å²) in [4.78, 5) is 36.1. The van der Waals surface area contributed by atoms with Crippen molar-refractivity contribution in [3.05, 3.63) is 36.0 Å². The van der Waals surface area contributed by atoms with Gasteiger partial charge in [-0.3, -0.25) is 19.3 Å². The second-order valence-corrected chi connectivity index (χ2v) is 4.76. The predicted octanol–water partition coefficient (Wildman–Crippen LogP) is -0.0716. The van der Waals surface area contributed by atoms with Crippen molar-refractivity contribution in [1.29, 1.82) is 0 Å². The number of hydrogen-bond donors (Lipinski definition) is 3. The van der Waals surface area contributed by atoms with Crippen molar-refractivity contribution in [2.45, 2.75) is 0 Å². The van der Waals surface area contributed by atoms with E-state index in [1.165, 1.54) is 13.2 Å². The Kier molecular flexibility index (Phi) is 5.45. The smallest absolute Gasteiger partial charge is 0.277 e. The molecule has 0 aliphatic carbocycles. The van der Waals surface area contributed by atoms with Gasteiger partial charge in [0.25, 0.3) is 11.8 Å². The first-order valence-electron chi connectivity index (χ1n) is 6.89. The molecule has 1 heterocycles. The number of carbonyl (C=O) groups is 3. The van der Waals surface area contributed by atoms with Gasteiger partial charge >= 0.3 is 0 Å². The number of nitrogens with zero attached hydrogens (tertiary/aromatic N) is 1. The maximum absolute atomic E-state index is 12.0. The fourth-order valence-corrected chi connectivity index (χ4v) is 2.07. The van der Waals surface area contributed by atoms with E-state index < -0.39 is 11.8 Å². The highest BCUT2D eigenvalue weighted by Gasteiger charge is 2.30. The Labute approximate surface area is 132 Å². The molecule has 0 bridgehead atoms. The van der Waals surface area contributed by atoms with Crippen LogP contribution in [0.15, 0.2) is 36.0 Å². The summed E-state index contributed by atoms with van der Waals surface area (Å²) in [6, 6.07) is 6.70. The van der Waals surface area contributed by atoms with E-state index in [9.17, 15) is 14.4 Å². The molecule has 0 saturated carbocycles. The highest BCUT2D eigenvalue weighted by molar-refractivity contribution is 6.17. The third-order valence-corrected chi connectivity index (χ3v) is 3.03. The van der Waals surface area contributed by atoms with Gasteiger partial charge in [0.1, 0.15) is 12.3 Å². The molecule has 0 spiro atoms. The van der Waals surface area contributed by atoms with E-state index in [0.29, 0.717) is 11.4 Å². The Balaban J connectivity index is 2.06. The number of benzene rings is 1. The second kappa shape index (κ2) is 7.52. The number of ether oxygens (including phenoxy) is 1. The molecule has 23 heavy (non-hydrogen) atoms. The minimum Gasteiger partial charge on any atom is -0.395 e. The zero-order valence-electron chi connectivity index (χ0n) is 12.5. The SMILES string of the molecule is COCC(=O)Nc1cccc(NC2=CC(=O)N(CCO)C2=O)c1. The molecule has 0 fully saturated rings. The summed E-state index contributed by atoms with van der Waals surface area (Å²) >= 11 is 0. The largest absolute Gasteiger partial charge is 0.395 e. The van der Waals surface area contributed by atoms with Crippen LogP contribution in [-0.2, 0) is 19.1 Å². The molecule has 3 N–H and O–H groups in total. The molecule has 1 aromatic rings. The summed E-state index contributed by atoms with van der Waals surface area (Å²) in [5.74, 6) is -1.28. The van der Waals surface area contributed by atoms with Gasteiger partial charge in [0.05, 0.1) is 13.2 Å². The number of β-amino-alcohol motifs (C(OH)–C–C–N with tert-alkyl or cyclic N) is 1. The van der Waals surface area contributed by atoms with Crippen LogP contribution in [0, 0.1) is 0 Å². The number of anilines is 2. The van der Waals surface area contributed by atoms with Gasteiger partial charge in [0, 0.05) is 24.6 Å². The lowest BCUT2D eigenvalue weighted by atomic mass is 10.2. The van der Waals surface area contributed by atoms with Crippen molar-refractivity contribution in [1.82, 2.24) is 4.90 Å². The summed E-state index contributed by atoms with van der Waals surface area (Å²) in [5.41, 5.74) is 1.18. The maximum atomic E-state index is 12.0. The van der Waals surface area contributed by atoms with E-state index in [1.807, 2.05) is 0 Å². The Morgan fingerprint density at radius 3 is 2.74 bits per heavy atom. The molecule has 1 aromatic carbocycles. The molecule has 122 valence electrons. The van der Waals surface area contributed by atoms with Crippen LogP contribution < -0.4 is 10.6 Å². The highest BCUT2D eigenvalue weighted by Crippen LogP contribution is 2.20. The highest BCUT2D eigenvalue weighted by atomic mass is 16.5. The lowest BCUT2D eigenvalue weighted by Crippen LogP contribution is -2.34. The molecule has 0 radical (unpaired) electrons. The van der Waals surface area contributed by atoms with Crippen LogP contribution in [0.4, 0.5) is 11.4 Å². The van der Waals surface area contributed by atoms with E-state index in [-0.39, 0.29) is 31.4 Å². The number of aliphatic hydroxyl groups excluding tert-OH is 1. The third-order valence-electron chi connectivity index (χ3n) is 3.03. The molecule has 0 atom stereocenters. The number of aliphatic hydroxyl groups is 1. The molecular weight excluding hydrogens is 302 g/mol. The van der Waals surface area contributed by atoms with E-state index in [2.05, 4.69) is 10.6 Å². The van der Waals surface area contributed by atoms with Gasteiger partial charge in [0.15, 0.2) is 0 Å². The lowest BCUT2D eigenvalue weighted by Gasteiger charge is -2.13. The molecule has 1 aliphatic rings. The summed E-state index contributed by atoms with van der Waals surface area (Å²) in [5, 5.41) is 14.3. The summed E-state index contributed by atoms with van der Waals surface area (Å²) in [6.07, 6.45) is 1.17. The van der Waals surface area contributed by atoms with Crippen molar-refractivity contribution < 1.29 is 24.2 Å². The second-order valence-electron chi connectivity index (χ2n) is 4.76. The molecule has 8 nitrogen and oxygen atoms in total. The van der Waals surface area contributed by atoms with E-state index in [1.54, 1.807) is 24.3 Å². The van der Waals surface area contributed by atoms with Crippen LogP contribution in [-0.4, -0.2) is 54.6 Å². The summed E-state index contributed by atoms with van der Waals surface area (Å²) in [6.45, 7) is -0.405. The molecule has 0 aromatic heterocycles. The van der Waals surface area contributed by atoms with E-state index in [4.69, 9.17) is 9.84 Å². The number of methoxy groups -OCH3 is 1. The fourth-order valence-electron chi connectivity index (χ4n) is 2.07. The molecule has 1 aliphatic heterocycles. The average Bonchev–Trinajstić information content (AvgIpc) is 2.76. The zero-order valence-corrected chi connectivity index (χ0v) is 12.5. The first kappa shape index (κ1) is 16.7. The van der Waals surface area contributed by atoms with Gasteiger partial charge < -0.3 is 20.5 Å². The van der Waals surface area contributed by atoms with Crippen molar-refractivity contribution in [3.8, 4) is 0 Å². The van der Waals surface area contributed by atoms with Crippen molar-refractivity contribution >= 4 is 29.1 Å². The van der Waals surface area contributed by atoms with Crippen LogP contribution in [0.3, 0.4) is 0 Å². The normalized spacial score (nSPS) is 14.0. The minimum atomic E-state index is -0.502. The minimum absolute atomic E-state index is 0.0491. The Bertz CT molecular complexity index is 656. The standard InChI is InChI=1S/C15H17N3O5/c1-23-9-13(20)17-11-4-2-3-10(7-11)16-12-8-14(21)18(5-6-19)15(12)22/h2-4,7-8,16,19H,5-6,9H2,1H3,(H,17,20). The zero-order chi connectivity index (χ0) is 16.8. The number of imide groups is 1. The van der Waals surface area contributed by atoms with E-state index in [0.717, 1.165) is 4.90 Å². The third kappa shape index (κ3) is 4.15. The molecular formula is C15H17N3O5. The van der Waals surface area contributed by atoms with Crippen molar-refractivity contribution in [2.24, 2.45) is 0 Å². The van der Waals surface area contributed by atoms with Crippen LogP contribution in [0.25, 0.3) is 0 Å². The van der Waals surface area contributed by atoms with Crippen LogP contribution in [0.5, 0.6) is 0 Å². The number of rotatable bonds is 7. The molecule has 8 heteroatoms. The molecule has 2 rings (SSSR count). The number of nitrogens with one attached hydrogen (secondary N) is 2. The Hall–Kier alpha value is -2.71. The molecule has 0 unspecified atom stereocenters. The van der Waals surface area contributed by atoms with Gasteiger partial charge in [-0.15, -0.1) is 0 Å². The van der Waals surface area contributed by atoms with Gasteiger partial charge in [-0.1, -0.05) is 6.07 Å². The summed E-state index contributed by atoms with van der Waals surface area (Å²) in [7, 11) is 1.42. The van der Waals surface area contributed by atoms with Crippen molar-refractivity contribution in [2.75, 3.05) is 37.5 Å².